The maximum atomic E-state index is 11.7. The summed E-state index contributed by atoms with van der Waals surface area (Å²) in [5.41, 5.74) is 1.30. The van der Waals surface area contributed by atoms with Crippen molar-refractivity contribution in [2.75, 3.05) is 6.54 Å². The highest BCUT2D eigenvalue weighted by molar-refractivity contribution is 7.89. The van der Waals surface area contributed by atoms with Gasteiger partial charge in [-0.1, -0.05) is 12.1 Å². The van der Waals surface area contributed by atoms with Crippen LogP contribution in [0.4, 0.5) is 0 Å². The first-order chi connectivity index (χ1) is 8.90. The zero-order valence-corrected chi connectivity index (χ0v) is 10.9. The Kier molecular flexibility index (Phi) is 3.55. The molecule has 1 atom stereocenters. The summed E-state index contributed by atoms with van der Waals surface area (Å²) in [5, 5.41) is 13.0. The van der Waals surface area contributed by atoms with Gasteiger partial charge in [0.2, 0.25) is 15.9 Å². The van der Waals surface area contributed by atoms with Gasteiger partial charge in [-0.15, -0.1) is 0 Å². The minimum absolute atomic E-state index is 0.0726. The minimum Gasteiger partial charge on any atom is -0.337 e. The van der Waals surface area contributed by atoms with Crippen LogP contribution in [0.1, 0.15) is 17.5 Å². The molecule has 1 fully saturated rings. The zero-order chi connectivity index (χ0) is 14.0. The molecule has 0 aliphatic carbocycles. The van der Waals surface area contributed by atoms with Crippen LogP contribution in [0, 0.1) is 11.3 Å². The number of amides is 1. The molecule has 1 unspecified atom stereocenters. The minimum atomic E-state index is -3.69. The van der Waals surface area contributed by atoms with Crippen molar-refractivity contribution in [1.82, 2.24) is 4.90 Å². The normalized spacial score (nSPS) is 19.5. The summed E-state index contributed by atoms with van der Waals surface area (Å²) in [6, 6.07) is 8.88. The average molecular weight is 279 g/mol. The van der Waals surface area contributed by atoms with Gasteiger partial charge >= 0.3 is 0 Å². The van der Waals surface area contributed by atoms with Crippen molar-refractivity contribution in [2.45, 2.75) is 18.2 Å². The van der Waals surface area contributed by atoms with E-state index in [9.17, 15) is 13.2 Å². The number of hydrogen-bond donors (Lipinski definition) is 1. The van der Waals surface area contributed by atoms with Crippen molar-refractivity contribution < 1.29 is 13.2 Å². The molecule has 0 aromatic heterocycles. The van der Waals surface area contributed by atoms with Gasteiger partial charge < -0.3 is 4.90 Å². The van der Waals surface area contributed by atoms with Crippen molar-refractivity contribution in [2.24, 2.45) is 5.14 Å². The van der Waals surface area contributed by atoms with Crippen LogP contribution >= 0.6 is 0 Å². The molecule has 7 heteroatoms. The van der Waals surface area contributed by atoms with Crippen LogP contribution < -0.4 is 5.14 Å². The Morgan fingerprint density at radius 3 is 2.79 bits per heavy atom. The smallest absolute Gasteiger partial charge is 0.224 e. The number of primary sulfonamides is 1. The molecular weight excluding hydrogens is 266 g/mol. The maximum absolute atomic E-state index is 11.7. The van der Waals surface area contributed by atoms with Crippen molar-refractivity contribution in [3.63, 3.8) is 0 Å². The summed E-state index contributed by atoms with van der Waals surface area (Å²) < 4.78 is 22.5. The Labute approximate surface area is 111 Å². The van der Waals surface area contributed by atoms with Crippen LogP contribution in [0.5, 0.6) is 0 Å². The van der Waals surface area contributed by atoms with Gasteiger partial charge in [0.05, 0.1) is 11.6 Å². The van der Waals surface area contributed by atoms with E-state index in [0.717, 1.165) is 5.56 Å². The second kappa shape index (κ2) is 4.99. The molecule has 0 bridgehead atoms. The molecule has 1 aliphatic rings. The molecule has 100 valence electrons. The molecule has 1 aromatic rings. The monoisotopic (exact) mass is 279 g/mol. The molecule has 1 aromatic carbocycles. The number of hydrogen-bond acceptors (Lipinski definition) is 4. The highest BCUT2D eigenvalue weighted by atomic mass is 32.2. The fraction of sp³-hybridized carbons (Fsp3) is 0.333. The predicted molar refractivity (Wildman–Crippen MR) is 68.1 cm³/mol. The first-order valence-electron chi connectivity index (χ1n) is 5.68. The van der Waals surface area contributed by atoms with E-state index >= 15 is 0 Å². The summed E-state index contributed by atoms with van der Waals surface area (Å²) in [5.74, 6) is -0.235. The van der Waals surface area contributed by atoms with E-state index in [-0.39, 0.29) is 18.9 Å². The molecule has 1 saturated heterocycles. The van der Waals surface area contributed by atoms with Gasteiger partial charge in [0.15, 0.2) is 0 Å². The van der Waals surface area contributed by atoms with Crippen molar-refractivity contribution >= 4 is 15.9 Å². The third-order valence-corrected chi connectivity index (χ3v) is 4.32. The van der Waals surface area contributed by atoms with Crippen molar-refractivity contribution in [3.8, 4) is 6.07 Å². The highest BCUT2D eigenvalue weighted by Gasteiger charge is 2.36. The van der Waals surface area contributed by atoms with Gasteiger partial charge in [0.25, 0.3) is 0 Å². The number of nitrogens with two attached hydrogens (primary N) is 1. The van der Waals surface area contributed by atoms with Crippen molar-refractivity contribution in [3.05, 3.63) is 35.4 Å². The molecule has 6 nitrogen and oxygen atoms in total. The second-order valence-electron chi connectivity index (χ2n) is 4.50. The number of carbonyl (C=O) groups is 1. The number of rotatable bonds is 3. The second-order valence-corrected chi connectivity index (χ2v) is 6.35. The molecule has 0 spiro atoms. The topological polar surface area (TPSA) is 104 Å². The average Bonchev–Trinajstić information content (AvgIpc) is 2.71. The third-order valence-electron chi connectivity index (χ3n) is 3.07. The standard InChI is InChI=1S/C12H13N3O3S/c13-6-9-2-1-3-10(4-9)7-15-8-11(5-12(15)16)19(14,17)18/h1-4,11H,5,7-8H2,(H2,14,17,18). The number of sulfonamides is 1. The Bertz CT molecular complexity index is 648. The quantitative estimate of drug-likeness (QED) is 0.837. The number of nitriles is 1. The van der Waals surface area contributed by atoms with Gasteiger partial charge in [-0.3, -0.25) is 4.79 Å². The maximum Gasteiger partial charge on any atom is 0.224 e. The van der Waals surface area contributed by atoms with E-state index in [1.165, 1.54) is 4.90 Å². The molecule has 19 heavy (non-hydrogen) atoms. The molecule has 0 radical (unpaired) electrons. The van der Waals surface area contributed by atoms with Crippen LogP contribution in [0.25, 0.3) is 0 Å². The summed E-state index contributed by atoms with van der Waals surface area (Å²) in [4.78, 5) is 13.2. The molecular formula is C12H13N3O3S. The molecule has 0 saturated carbocycles. The van der Waals surface area contributed by atoms with Gasteiger partial charge in [-0.2, -0.15) is 5.26 Å². The van der Waals surface area contributed by atoms with Gasteiger partial charge in [-0.05, 0) is 17.7 Å². The van der Waals surface area contributed by atoms with Gasteiger partial charge in [-0.25, -0.2) is 13.6 Å². The lowest BCUT2D eigenvalue weighted by Gasteiger charge is -2.16. The van der Waals surface area contributed by atoms with Gasteiger partial charge in [0, 0.05) is 19.5 Å². The fourth-order valence-electron chi connectivity index (χ4n) is 2.07. The van der Waals surface area contributed by atoms with Crippen LogP contribution in [0.3, 0.4) is 0 Å². The third kappa shape index (κ3) is 3.10. The molecule has 1 amide bonds. The van der Waals surface area contributed by atoms with E-state index in [4.69, 9.17) is 10.4 Å². The lowest BCUT2D eigenvalue weighted by Crippen LogP contribution is -2.31. The van der Waals surface area contributed by atoms with Crippen molar-refractivity contribution in [1.29, 1.82) is 5.26 Å². The Morgan fingerprint density at radius 2 is 2.21 bits per heavy atom. The Morgan fingerprint density at radius 1 is 1.47 bits per heavy atom. The van der Waals surface area contributed by atoms with E-state index in [1.54, 1.807) is 24.3 Å². The summed E-state index contributed by atoms with van der Waals surface area (Å²) in [7, 11) is -3.69. The largest absolute Gasteiger partial charge is 0.337 e. The first-order valence-corrected chi connectivity index (χ1v) is 7.29. The Balaban J connectivity index is 2.12. The number of carbonyl (C=O) groups excluding carboxylic acids is 1. The van der Waals surface area contributed by atoms with Crippen LogP contribution in [0.15, 0.2) is 24.3 Å². The van der Waals surface area contributed by atoms with Crippen LogP contribution in [-0.4, -0.2) is 31.0 Å². The SMILES string of the molecule is N#Cc1cccc(CN2CC(S(N)(=O)=O)CC2=O)c1. The zero-order valence-electron chi connectivity index (χ0n) is 10.1. The predicted octanol–water partition coefficient (Wildman–Crippen LogP) is -0.0523. The number of nitrogens with zero attached hydrogens (tertiary/aromatic N) is 2. The van der Waals surface area contributed by atoms with E-state index in [0.29, 0.717) is 12.1 Å². The first kappa shape index (κ1) is 13.5. The van der Waals surface area contributed by atoms with Crippen LogP contribution in [-0.2, 0) is 21.4 Å². The van der Waals surface area contributed by atoms with E-state index in [1.807, 2.05) is 6.07 Å². The lowest BCUT2D eigenvalue weighted by atomic mass is 10.1. The highest BCUT2D eigenvalue weighted by Crippen LogP contribution is 2.19. The Hall–Kier alpha value is -1.91. The van der Waals surface area contributed by atoms with E-state index in [2.05, 4.69) is 0 Å². The van der Waals surface area contributed by atoms with E-state index < -0.39 is 15.3 Å². The van der Waals surface area contributed by atoms with Gasteiger partial charge in [0.1, 0.15) is 5.25 Å². The summed E-state index contributed by atoms with van der Waals surface area (Å²) >= 11 is 0. The molecule has 2 N–H and O–H groups in total. The number of likely N-dealkylation sites (tertiary alicyclic amines) is 1. The molecule has 1 heterocycles. The number of benzene rings is 1. The lowest BCUT2D eigenvalue weighted by molar-refractivity contribution is -0.128. The van der Waals surface area contributed by atoms with Crippen LogP contribution in [0.2, 0.25) is 0 Å². The summed E-state index contributed by atoms with van der Waals surface area (Å²) in [6.45, 7) is 0.398. The summed E-state index contributed by atoms with van der Waals surface area (Å²) in [6.07, 6.45) is -0.0726. The fourth-order valence-corrected chi connectivity index (χ4v) is 2.83. The molecule has 1 aliphatic heterocycles. The molecule has 2 rings (SSSR count).